The van der Waals surface area contributed by atoms with E-state index in [1.807, 2.05) is 60.7 Å². The van der Waals surface area contributed by atoms with E-state index in [1.54, 1.807) is 25.1 Å². The highest BCUT2D eigenvalue weighted by molar-refractivity contribution is 7.99. The number of rotatable bonds is 10. The Kier molecular flexibility index (Phi) is 8.53. The van der Waals surface area contributed by atoms with Gasteiger partial charge in [-0.3, -0.25) is 9.59 Å². The van der Waals surface area contributed by atoms with Crippen LogP contribution in [0.5, 0.6) is 0 Å². The molecule has 188 valence electrons. The number of ketones is 1. The van der Waals surface area contributed by atoms with Crippen molar-refractivity contribution in [2.24, 2.45) is 5.16 Å². The third-order valence-corrected chi connectivity index (χ3v) is 6.36. The summed E-state index contributed by atoms with van der Waals surface area (Å²) in [4.78, 5) is 42.6. The second-order valence-corrected chi connectivity index (χ2v) is 9.20. The number of esters is 1. The number of furan rings is 1. The van der Waals surface area contributed by atoms with Gasteiger partial charge in [0.15, 0.2) is 5.76 Å². The van der Waals surface area contributed by atoms with Crippen molar-refractivity contribution in [3.05, 3.63) is 95.7 Å². The molecule has 7 nitrogen and oxygen atoms in total. The zero-order valence-corrected chi connectivity index (χ0v) is 21.2. The Morgan fingerprint density at radius 1 is 0.865 bits per heavy atom. The number of fused-ring (bicyclic) bond motifs is 1. The van der Waals surface area contributed by atoms with Gasteiger partial charge in [0.05, 0.1) is 18.7 Å². The van der Waals surface area contributed by atoms with Crippen LogP contribution in [-0.2, 0) is 19.2 Å². The minimum atomic E-state index is -0.539. The van der Waals surface area contributed by atoms with Gasteiger partial charge in [-0.15, -0.1) is 0 Å². The van der Waals surface area contributed by atoms with Crippen molar-refractivity contribution >= 4 is 46.2 Å². The molecule has 8 heteroatoms. The van der Waals surface area contributed by atoms with Gasteiger partial charge in [0.1, 0.15) is 5.58 Å². The number of nitrogens with zero attached hydrogens (tertiary/aromatic N) is 1. The van der Waals surface area contributed by atoms with Crippen LogP contribution >= 0.6 is 11.8 Å². The first-order valence-electron chi connectivity index (χ1n) is 11.7. The number of para-hydroxylation sites is 1. The summed E-state index contributed by atoms with van der Waals surface area (Å²) in [5.41, 5.74) is 2.45. The zero-order chi connectivity index (χ0) is 26.2. The predicted molar refractivity (Wildman–Crippen MR) is 141 cm³/mol. The maximum atomic E-state index is 12.8. The van der Waals surface area contributed by atoms with E-state index in [-0.39, 0.29) is 24.6 Å². The first-order chi connectivity index (χ1) is 17.9. The van der Waals surface area contributed by atoms with Gasteiger partial charge in [-0.05, 0) is 61.0 Å². The maximum Gasteiger partial charge on any atom is 0.331 e. The quantitative estimate of drug-likeness (QED) is 0.0790. The van der Waals surface area contributed by atoms with Crippen molar-refractivity contribution in [1.29, 1.82) is 0 Å². The number of oxime groups is 1. The minimum Gasteiger partial charge on any atom is -0.466 e. The number of benzene rings is 3. The van der Waals surface area contributed by atoms with E-state index in [2.05, 4.69) is 5.16 Å². The van der Waals surface area contributed by atoms with Crippen LogP contribution in [0, 0.1) is 0 Å². The Labute approximate surface area is 218 Å². The summed E-state index contributed by atoms with van der Waals surface area (Å²) in [6.07, 6.45) is 0.406. The summed E-state index contributed by atoms with van der Waals surface area (Å²) in [7, 11) is 0. The molecule has 0 N–H and O–H groups in total. The van der Waals surface area contributed by atoms with Crippen LogP contribution in [0.3, 0.4) is 0 Å². The normalized spacial score (nSPS) is 11.4. The molecule has 0 aliphatic rings. The summed E-state index contributed by atoms with van der Waals surface area (Å²) in [5, 5.41) is 4.81. The second-order valence-electron chi connectivity index (χ2n) is 8.05. The summed E-state index contributed by atoms with van der Waals surface area (Å²) < 4.78 is 10.7. The van der Waals surface area contributed by atoms with Gasteiger partial charge in [-0.25, -0.2) is 4.79 Å². The van der Waals surface area contributed by atoms with Crippen LogP contribution in [0.2, 0.25) is 0 Å². The standard InChI is InChI=1S/C29H25NO6S/c1-3-34-28(32)17-16-25(30-36-19(2)31)20-8-12-23(13-9-20)37-24-14-10-21(11-15-24)29(33)27-18-22-6-4-5-7-26(22)35-27/h4-15,18H,3,16-17H2,1-2H3/b30-25-. The summed E-state index contributed by atoms with van der Waals surface area (Å²) in [5.74, 6) is -0.735. The first kappa shape index (κ1) is 25.9. The van der Waals surface area contributed by atoms with Crippen molar-refractivity contribution in [2.75, 3.05) is 6.61 Å². The highest BCUT2D eigenvalue weighted by Crippen LogP contribution is 2.29. The number of hydrogen-bond donors (Lipinski definition) is 0. The monoisotopic (exact) mass is 515 g/mol. The van der Waals surface area contributed by atoms with Crippen LogP contribution < -0.4 is 0 Å². The first-order valence-corrected chi connectivity index (χ1v) is 12.6. The molecule has 0 atom stereocenters. The molecule has 1 heterocycles. The fourth-order valence-corrected chi connectivity index (χ4v) is 4.39. The molecule has 0 saturated heterocycles. The summed E-state index contributed by atoms with van der Waals surface area (Å²) >= 11 is 1.54. The number of ether oxygens (including phenoxy) is 1. The Morgan fingerprint density at radius 3 is 2.14 bits per heavy atom. The Bertz CT molecular complexity index is 1400. The van der Waals surface area contributed by atoms with Crippen molar-refractivity contribution in [1.82, 2.24) is 0 Å². The molecule has 0 saturated carbocycles. The summed E-state index contributed by atoms with van der Waals surface area (Å²) in [6.45, 7) is 3.31. The number of carbonyl (C=O) groups is 3. The molecule has 0 aliphatic heterocycles. The third-order valence-electron chi connectivity index (χ3n) is 5.34. The van der Waals surface area contributed by atoms with E-state index >= 15 is 0 Å². The van der Waals surface area contributed by atoms with Crippen molar-refractivity contribution in [3.8, 4) is 0 Å². The lowest BCUT2D eigenvalue weighted by Crippen LogP contribution is -2.10. The SMILES string of the molecule is CCOC(=O)CC/C(=N/OC(C)=O)c1ccc(Sc2ccc(C(=O)c3cc4ccccc4o3)cc2)cc1. The van der Waals surface area contributed by atoms with Gasteiger partial charge < -0.3 is 14.0 Å². The molecule has 0 bridgehead atoms. The molecule has 4 aromatic rings. The largest absolute Gasteiger partial charge is 0.466 e. The fraction of sp³-hybridized carbons (Fsp3) is 0.172. The number of hydrogen-bond acceptors (Lipinski definition) is 8. The van der Waals surface area contributed by atoms with Gasteiger partial charge in [0.25, 0.3) is 0 Å². The van der Waals surface area contributed by atoms with Gasteiger partial charge in [0, 0.05) is 34.1 Å². The molecule has 3 aromatic carbocycles. The van der Waals surface area contributed by atoms with Crippen molar-refractivity contribution in [2.45, 2.75) is 36.5 Å². The second kappa shape index (κ2) is 12.2. The lowest BCUT2D eigenvalue weighted by atomic mass is 10.1. The smallest absolute Gasteiger partial charge is 0.331 e. The minimum absolute atomic E-state index is 0.129. The zero-order valence-electron chi connectivity index (χ0n) is 20.4. The van der Waals surface area contributed by atoms with Gasteiger partial charge in [-0.2, -0.15) is 0 Å². The Balaban J connectivity index is 1.42. The molecule has 0 spiro atoms. The molecule has 0 fully saturated rings. The van der Waals surface area contributed by atoms with E-state index < -0.39 is 5.97 Å². The molecule has 1 aromatic heterocycles. The molecular weight excluding hydrogens is 490 g/mol. The van der Waals surface area contributed by atoms with E-state index in [1.165, 1.54) is 18.7 Å². The summed E-state index contributed by atoms with van der Waals surface area (Å²) in [6, 6.07) is 24.2. The molecule has 0 unspecified atom stereocenters. The van der Waals surface area contributed by atoms with Gasteiger partial charge in [0.2, 0.25) is 5.78 Å². The van der Waals surface area contributed by atoms with E-state index in [0.29, 0.717) is 29.2 Å². The molecule has 37 heavy (non-hydrogen) atoms. The average Bonchev–Trinajstić information content (AvgIpc) is 3.34. The van der Waals surface area contributed by atoms with Crippen LogP contribution in [0.25, 0.3) is 11.0 Å². The highest BCUT2D eigenvalue weighted by Gasteiger charge is 2.15. The van der Waals surface area contributed by atoms with E-state index in [4.69, 9.17) is 14.0 Å². The molecule has 4 rings (SSSR count). The molecule has 0 amide bonds. The van der Waals surface area contributed by atoms with Crippen LogP contribution in [0.15, 0.2) is 98.2 Å². The lowest BCUT2D eigenvalue weighted by molar-refractivity contribution is -0.143. The molecule has 0 aliphatic carbocycles. The van der Waals surface area contributed by atoms with Crippen LogP contribution in [-0.4, -0.2) is 30.0 Å². The third kappa shape index (κ3) is 6.95. The topological polar surface area (TPSA) is 95.2 Å². The van der Waals surface area contributed by atoms with Gasteiger partial charge >= 0.3 is 11.9 Å². The predicted octanol–water partition coefficient (Wildman–Crippen LogP) is 6.43. The Hall–Kier alpha value is -4.17. The van der Waals surface area contributed by atoms with Gasteiger partial charge in [-0.1, -0.05) is 47.2 Å². The van der Waals surface area contributed by atoms with Crippen molar-refractivity contribution in [3.63, 3.8) is 0 Å². The van der Waals surface area contributed by atoms with Crippen LogP contribution in [0.4, 0.5) is 0 Å². The maximum absolute atomic E-state index is 12.8. The molecule has 0 radical (unpaired) electrons. The van der Waals surface area contributed by atoms with E-state index in [0.717, 1.165) is 20.7 Å². The fourth-order valence-electron chi connectivity index (χ4n) is 3.58. The molecular formula is C29H25NO6S. The van der Waals surface area contributed by atoms with E-state index in [9.17, 15) is 14.4 Å². The van der Waals surface area contributed by atoms with Crippen LogP contribution in [0.1, 0.15) is 48.4 Å². The average molecular weight is 516 g/mol. The highest BCUT2D eigenvalue weighted by atomic mass is 32.2. The number of carbonyl (C=O) groups excluding carboxylic acids is 3. The Morgan fingerprint density at radius 2 is 1.51 bits per heavy atom. The van der Waals surface area contributed by atoms with Crippen molar-refractivity contribution < 1.29 is 28.4 Å². The lowest BCUT2D eigenvalue weighted by Gasteiger charge is -2.08.